The number of hydrogen-bond donors (Lipinski definition) is 2. The molecule has 2 N–H and O–H groups in total. The number of hydrogen-bond acceptors (Lipinski definition) is 4. The molecule has 1 aliphatic heterocycles. The van der Waals surface area contributed by atoms with Crippen LogP contribution in [0.4, 0.5) is 11.4 Å². The van der Waals surface area contributed by atoms with Crippen molar-refractivity contribution in [1.82, 2.24) is 10.2 Å². The Bertz CT molecular complexity index is 711. The fourth-order valence-electron chi connectivity index (χ4n) is 3.27. The molecule has 23 heavy (non-hydrogen) atoms. The minimum Gasteiger partial charge on any atom is -0.478 e. The summed E-state index contributed by atoms with van der Waals surface area (Å²) in [4.78, 5) is 15.8. The first-order chi connectivity index (χ1) is 11.0. The molecule has 6 nitrogen and oxygen atoms in total. The fourth-order valence-corrected chi connectivity index (χ4v) is 3.27. The molecule has 0 spiro atoms. The third kappa shape index (κ3) is 2.88. The highest BCUT2D eigenvalue weighted by Gasteiger charge is 2.22. The summed E-state index contributed by atoms with van der Waals surface area (Å²) in [5.74, 6) is -0.880. The third-order valence-electron chi connectivity index (χ3n) is 4.48. The van der Waals surface area contributed by atoms with E-state index >= 15 is 0 Å². The van der Waals surface area contributed by atoms with Gasteiger partial charge in [0.1, 0.15) is 0 Å². The molecule has 3 rings (SSSR count). The number of carboxylic acids is 1. The maximum absolute atomic E-state index is 11.2. The van der Waals surface area contributed by atoms with Gasteiger partial charge in [0, 0.05) is 31.9 Å². The summed E-state index contributed by atoms with van der Waals surface area (Å²) < 4.78 is 0. The molecule has 0 atom stereocenters. The number of aromatic nitrogens is 2. The van der Waals surface area contributed by atoms with Crippen LogP contribution in [0.25, 0.3) is 0 Å². The lowest BCUT2D eigenvalue weighted by Gasteiger charge is -2.38. The second-order valence-electron chi connectivity index (χ2n) is 6.06. The average molecular weight is 314 g/mol. The van der Waals surface area contributed by atoms with Gasteiger partial charge in [-0.15, -0.1) is 0 Å². The van der Waals surface area contributed by atoms with Gasteiger partial charge < -0.3 is 14.9 Å². The number of anilines is 2. The van der Waals surface area contributed by atoms with Gasteiger partial charge in [-0.3, -0.25) is 5.10 Å². The number of aromatic amines is 1. The standard InChI is InChI=1S/C17H22N4O2/c1-11-4-5-14(17(22)23)10-15(11)20-6-8-21(9-7-20)16-12(2)18-19-13(16)3/h4-5,10H,6-9H2,1-3H3,(H,18,19)(H,22,23). The zero-order chi connectivity index (χ0) is 16.6. The van der Waals surface area contributed by atoms with Gasteiger partial charge in [-0.05, 0) is 38.5 Å². The molecule has 0 bridgehead atoms. The Morgan fingerprint density at radius 2 is 1.78 bits per heavy atom. The molecule has 1 fully saturated rings. The Morgan fingerprint density at radius 1 is 1.13 bits per heavy atom. The number of nitrogens with one attached hydrogen (secondary N) is 1. The molecule has 0 saturated carbocycles. The minimum atomic E-state index is -0.880. The first-order valence-corrected chi connectivity index (χ1v) is 7.83. The van der Waals surface area contributed by atoms with E-state index in [2.05, 4.69) is 20.0 Å². The lowest BCUT2D eigenvalue weighted by Crippen LogP contribution is -2.47. The van der Waals surface area contributed by atoms with Crippen LogP contribution in [-0.4, -0.2) is 47.5 Å². The van der Waals surface area contributed by atoms with Crippen molar-refractivity contribution in [2.45, 2.75) is 20.8 Å². The molecule has 0 radical (unpaired) electrons. The summed E-state index contributed by atoms with van der Waals surface area (Å²) in [6.07, 6.45) is 0. The highest BCUT2D eigenvalue weighted by molar-refractivity contribution is 5.89. The van der Waals surface area contributed by atoms with Crippen molar-refractivity contribution in [3.63, 3.8) is 0 Å². The fraction of sp³-hybridized carbons (Fsp3) is 0.412. The van der Waals surface area contributed by atoms with Crippen LogP contribution < -0.4 is 9.80 Å². The molecule has 1 aromatic heterocycles. The number of rotatable bonds is 3. The Morgan fingerprint density at radius 3 is 2.35 bits per heavy atom. The lowest BCUT2D eigenvalue weighted by atomic mass is 10.1. The Hall–Kier alpha value is -2.50. The Labute approximate surface area is 135 Å². The van der Waals surface area contributed by atoms with Crippen molar-refractivity contribution in [3.8, 4) is 0 Å². The van der Waals surface area contributed by atoms with Crippen molar-refractivity contribution < 1.29 is 9.90 Å². The zero-order valence-corrected chi connectivity index (χ0v) is 13.8. The summed E-state index contributed by atoms with van der Waals surface area (Å²) in [5.41, 5.74) is 5.79. The SMILES string of the molecule is Cc1ccc(C(=O)O)cc1N1CCN(c2c(C)n[nH]c2C)CC1. The number of nitrogens with zero attached hydrogens (tertiary/aromatic N) is 3. The normalized spacial score (nSPS) is 15.1. The van der Waals surface area contributed by atoms with Crippen LogP contribution in [0.3, 0.4) is 0 Å². The van der Waals surface area contributed by atoms with E-state index in [9.17, 15) is 9.90 Å². The first kappa shape index (κ1) is 15.4. The van der Waals surface area contributed by atoms with Crippen LogP contribution in [0.5, 0.6) is 0 Å². The van der Waals surface area contributed by atoms with E-state index in [0.717, 1.165) is 48.8 Å². The second kappa shape index (κ2) is 5.95. The Kier molecular flexibility index (Phi) is 3.98. The number of carboxylic acid groups (broad SMARTS) is 1. The van der Waals surface area contributed by atoms with Crippen molar-refractivity contribution in [1.29, 1.82) is 0 Å². The highest BCUT2D eigenvalue weighted by atomic mass is 16.4. The molecule has 2 heterocycles. The van der Waals surface area contributed by atoms with Gasteiger partial charge in [-0.2, -0.15) is 5.10 Å². The maximum Gasteiger partial charge on any atom is 0.335 e. The molecule has 1 aromatic carbocycles. The summed E-state index contributed by atoms with van der Waals surface area (Å²) in [7, 11) is 0. The van der Waals surface area contributed by atoms with E-state index in [-0.39, 0.29) is 0 Å². The molecular weight excluding hydrogens is 292 g/mol. The molecule has 1 aliphatic rings. The molecule has 2 aromatic rings. The Balaban J connectivity index is 1.77. The average Bonchev–Trinajstić information content (AvgIpc) is 2.87. The smallest absolute Gasteiger partial charge is 0.335 e. The number of benzene rings is 1. The monoisotopic (exact) mass is 314 g/mol. The molecule has 1 saturated heterocycles. The first-order valence-electron chi connectivity index (χ1n) is 7.83. The van der Waals surface area contributed by atoms with Crippen LogP contribution in [0.1, 0.15) is 27.3 Å². The van der Waals surface area contributed by atoms with E-state index in [1.54, 1.807) is 12.1 Å². The van der Waals surface area contributed by atoms with Crippen molar-refractivity contribution in [2.75, 3.05) is 36.0 Å². The van der Waals surface area contributed by atoms with E-state index in [1.807, 2.05) is 26.8 Å². The molecule has 6 heteroatoms. The van der Waals surface area contributed by atoms with Crippen molar-refractivity contribution in [2.24, 2.45) is 0 Å². The van der Waals surface area contributed by atoms with E-state index in [4.69, 9.17) is 0 Å². The van der Waals surface area contributed by atoms with Crippen molar-refractivity contribution in [3.05, 3.63) is 40.7 Å². The van der Waals surface area contributed by atoms with E-state index < -0.39 is 5.97 Å². The van der Waals surface area contributed by atoms with Gasteiger partial charge in [-0.1, -0.05) is 6.07 Å². The van der Waals surface area contributed by atoms with Gasteiger partial charge in [-0.25, -0.2) is 4.79 Å². The number of piperazine rings is 1. The van der Waals surface area contributed by atoms with E-state index in [1.165, 1.54) is 5.69 Å². The summed E-state index contributed by atoms with van der Waals surface area (Å²) in [6, 6.07) is 5.33. The quantitative estimate of drug-likeness (QED) is 0.910. The number of carbonyl (C=O) groups is 1. The van der Waals surface area contributed by atoms with Gasteiger partial charge >= 0.3 is 5.97 Å². The van der Waals surface area contributed by atoms with Crippen LogP contribution in [0.2, 0.25) is 0 Å². The zero-order valence-electron chi connectivity index (χ0n) is 13.8. The van der Waals surface area contributed by atoms with Gasteiger partial charge in [0.05, 0.1) is 22.6 Å². The van der Waals surface area contributed by atoms with E-state index in [0.29, 0.717) is 5.56 Å². The second-order valence-corrected chi connectivity index (χ2v) is 6.06. The molecular formula is C17H22N4O2. The van der Waals surface area contributed by atoms with Crippen LogP contribution in [-0.2, 0) is 0 Å². The molecule has 122 valence electrons. The van der Waals surface area contributed by atoms with Gasteiger partial charge in [0.25, 0.3) is 0 Å². The van der Waals surface area contributed by atoms with Crippen molar-refractivity contribution >= 4 is 17.3 Å². The maximum atomic E-state index is 11.2. The van der Waals surface area contributed by atoms with Gasteiger partial charge in [0.15, 0.2) is 0 Å². The molecule has 0 unspecified atom stereocenters. The van der Waals surface area contributed by atoms with Gasteiger partial charge in [0.2, 0.25) is 0 Å². The number of aromatic carboxylic acids is 1. The predicted molar refractivity (Wildman–Crippen MR) is 90.6 cm³/mol. The number of aryl methyl sites for hydroxylation is 3. The molecule has 0 amide bonds. The van der Waals surface area contributed by atoms with Crippen LogP contribution >= 0.6 is 0 Å². The summed E-state index contributed by atoms with van der Waals surface area (Å²) in [5, 5.41) is 16.5. The van der Waals surface area contributed by atoms with Crippen LogP contribution in [0.15, 0.2) is 18.2 Å². The third-order valence-corrected chi connectivity index (χ3v) is 4.48. The largest absolute Gasteiger partial charge is 0.478 e. The number of H-pyrrole nitrogens is 1. The molecule has 0 aliphatic carbocycles. The lowest BCUT2D eigenvalue weighted by molar-refractivity contribution is 0.0697. The summed E-state index contributed by atoms with van der Waals surface area (Å²) >= 11 is 0. The van der Waals surface area contributed by atoms with Crippen LogP contribution in [0, 0.1) is 20.8 Å². The predicted octanol–water partition coefficient (Wildman–Crippen LogP) is 2.36. The topological polar surface area (TPSA) is 72.5 Å². The summed E-state index contributed by atoms with van der Waals surface area (Å²) in [6.45, 7) is 9.63. The minimum absolute atomic E-state index is 0.342. The highest BCUT2D eigenvalue weighted by Crippen LogP contribution is 2.27.